The third-order valence-electron chi connectivity index (χ3n) is 2.11. The molecule has 1 N–H and O–H groups in total. The maximum atomic E-state index is 10.6. The molecular formula is C11H8N2O3. The molecule has 1 aromatic carbocycles. The third kappa shape index (κ3) is 1.86. The van der Waals surface area contributed by atoms with Gasteiger partial charge in [0, 0.05) is 5.56 Å². The Morgan fingerprint density at radius 1 is 1.56 bits per heavy atom. The molecule has 0 aliphatic heterocycles. The molecular weight excluding hydrogens is 208 g/mol. The molecule has 0 aliphatic carbocycles. The maximum absolute atomic E-state index is 10.6. The normalized spacial score (nSPS) is 10.2. The average molecular weight is 216 g/mol. The number of nitriles is 1. The second-order valence-electron chi connectivity index (χ2n) is 3.28. The lowest BCUT2D eigenvalue weighted by molar-refractivity contribution is -0.136. The van der Waals surface area contributed by atoms with Gasteiger partial charge in [-0.3, -0.25) is 4.79 Å². The summed E-state index contributed by atoms with van der Waals surface area (Å²) in [6.07, 6.45) is -0.0281. The van der Waals surface area contributed by atoms with Crippen molar-refractivity contribution in [1.82, 2.24) is 4.98 Å². The minimum absolute atomic E-state index is 0.0845. The fourth-order valence-electron chi connectivity index (χ4n) is 1.50. The Morgan fingerprint density at radius 3 is 3.06 bits per heavy atom. The van der Waals surface area contributed by atoms with Crippen molar-refractivity contribution in [2.45, 2.75) is 12.8 Å². The average Bonchev–Trinajstić information content (AvgIpc) is 2.61. The number of aromatic nitrogens is 1. The van der Waals surface area contributed by atoms with Crippen molar-refractivity contribution in [3.63, 3.8) is 0 Å². The summed E-state index contributed by atoms with van der Waals surface area (Å²) in [6.45, 7) is 0. The van der Waals surface area contributed by atoms with Crippen molar-refractivity contribution >= 4 is 17.1 Å². The first-order chi connectivity index (χ1) is 7.70. The number of aliphatic carboxylic acids is 1. The lowest BCUT2D eigenvalue weighted by Gasteiger charge is -1.96. The highest BCUT2D eigenvalue weighted by Gasteiger charge is 2.11. The van der Waals surface area contributed by atoms with E-state index in [4.69, 9.17) is 14.8 Å². The van der Waals surface area contributed by atoms with Crippen molar-refractivity contribution in [3.8, 4) is 6.07 Å². The van der Waals surface area contributed by atoms with Gasteiger partial charge in [-0.15, -0.1) is 0 Å². The van der Waals surface area contributed by atoms with Crippen LogP contribution in [0, 0.1) is 11.3 Å². The molecule has 1 aromatic heterocycles. The van der Waals surface area contributed by atoms with E-state index in [1.807, 2.05) is 6.07 Å². The van der Waals surface area contributed by atoms with Crippen LogP contribution in [-0.4, -0.2) is 16.1 Å². The van der Waals surface area contributed by atoms with E-state index in [-0.39, 0.29) is 12.8 Å². The van der Waals surface area contributed by atoms with Crippen LogP contribution in [0.4, 0.5) is 0 Å². The zero-order chi connectivity index (χ0) is 11.5. The monoisotopic (exact) mass is 216 g/mol. The largest absolute Gasteiger partial charge is 0.481 e. The highest BCUT2D eigenvalue weighted by atomic mass is 16.4. The van der Waals surface area contributed by atoms with Gasteiger partial charge in [0.15, 0.2) is 5.58 Å². The van der Waals surface area contributed by atoms with E-state index in [0.29, 0.717) is 22.6 Å². The number of hydrogen-bond acceptors (Lipinski definition) is 4. The number of benzene rings is 1. The standard InChI is InChI=1S/C11H8N2O3/c12-5-4-9-13-8-3-1-2-7(6-10(14)15)11(8)16-9/h1-3H,4,6H2,(H,14,15). The van der Waals surface area contributed by atoms with Gasteiger partial charge >= 0.3 is 5.97 Å². The molecule has 0 aliphatic rings. The second-order valence-corrected chi connectivity index (χ2v) is 3.28. The molecule has 0 spiro atoms. The lowest BCUT2D eigenvalue weighted by atomic mass is 10.1. The van der Waals surface area contributed by atoms with Crippen LogP contribution in [0.5, 0.6) is 0 Å². The van der Waals surface area contributed by atoms with Crippen molar-refractivity contribution in [2.75, 3.05) is 0 Å². The lowest BCUT2D eigenvalue weighted by Crippen LogP contribution is -1.99. The van der Waals surface area contributed by atoms with E-state index in [1.165, 1.54) is 0 Å². The zero-order valence-corrected chi connectivity index (χ0v) is 8.30. The van der Waals surface area contributed by atoms with Gasteiger partial charge in [-0.25, -0.2) is 4.98 Å². The molecule has 0 bridgehead atoms. The van der Waals surface area contributed by atoms with Gasteiger partial charge in [0.05, 0.1) is 12.5 Å². The van der Waals surface area contributed by atoms with Gasteiger partial charge in [-0.1, -0.05) is 12.1 Å². The number of carboxylic acid groups (broad SMARTS) is 1. The maximum Gasteiger partial charge on any atom is 0.307 e. The molecule has 0 unspecified atom stereocenters. The molecule has 2 rings (SSSR count). The van der Waals surface area contributed by atoms with Crippen molar-refractivity contribution in [3.05, 3.63) is 29.7 Å². The minimum atomic E-state index is -0.925. The van der Waals surface area contributed by atoms with Crippen LogP contribution in [0.2, 0.25) is 0 Å². The van der Waals surface area contributed by atoms with E-state index in [0.717, 1.165) is 0 Å². The Labute approximate surface area is 90.9 Å². The zero-order valence-electron chi connectivity index (χ0n) is 8.30. The van der Waals surface area contributed by atoms with Gasteiger partial charge in [-0.05, 0) is 6.07 Å². The first-order valence-corrected chi connectivity index (χ1v) is 4.67. The van der Waals surface area contributed by atoms with Gasteiger partial charge < -0.3 is 9.52 Å². The highest BCUT2D eigenvalue weighted by Crippen LogP contribution is 2.20. The van der Waals surface area contributed by atoms with E-state index >= 15 is 0 Å². The van der Waals surface area contributed by atoms with Gasteiger partial charge in [0.1, 0.15) is 11.9 Å². The summed E-state index contributed by atoms with van der Waals surface area (Å²) in [6, 6.07) is 7.06. The summed E-state index contributed by atoms with van der Waals surface area (Å²) in [5.41, 5.74) is 1.61. The number of fused-ring (bicyclic) bond motifs is 1. The molecule has 5 heteroatoms. The third-order valence-corrected chi connectivity index (χ3v) is 2.11. The number of rotatable bonds is 3. The molecule has 80 valence electrons. The van der Waals surface area contributed by atoms with Crippen LogP contribution < -0.4 is 0 Å². The summed E-state index contributed by atoms with van der Waals surface area (Å²) in [5.74, 6) is -0.610. The molecule has 0 atom stereocenters. The number of oxazole rings is 1. The van der Waals surface area contributed by atoms with Crippen LogP contribution in [0.1, 0.15) is 11.5 Å². The smallest absolute Gasteiger partial charge is 0.307 e. The van der Waals surface area contributed by atoms with Gasteiger partial charge in [0.2, 0.25) is 5.89 Å². The number of nitrogens with zero attached hydrogens (tertiary/aromatic N) is 2. The number of para-hydroxylation sites is 1. The predicted octanol–water partition coefficient (Wildman–Crippen LogP) is 1.52. The fraction of sp³-hybridized carbons (Fsp3) is 0.182. The van der Waals surface area contributed by atoms with Gasteiger partial charge in [0.25, 0.3) is 0 Å². The number of hydrogen-bond donors (Lipinski definition) is 1. The number of carbonyl (C=O) groups is 1. The van der Waals surface area contributed by atoms with E-state index in [9.17, 15) is 4.79 Å². The molecule has 0 amide bonds. The summed E-state index contributed by atoms with van der Waals surface area (Å²) >= 11 is 0. The SMILES string of the molecule is N#CCc1nc2cccc(CC(=O)O)c2o1. The Morgan fingerprint density at radius 2 is 2.38 bits per heavy atom. The predicted molar refractivity (Wildman–Crippen MR) is 54.7 cm³/mol. The van der Waals surface area contributed by atoms with E-state index < -0.39 is 5.97 Å². The molecule has 2 aromatic rings. The number of carboxylic acids is 1. The minimum Gasteiger partial charge on any atom is -0.481 e. The Kier molecular flexibility index (Phi) is 2.56. The summed E-state index contributed by atoms with van der Waals surface area (Å²) < 4.78 is 5.34. The molecule has 0 saturated carbocycles. The summed E-state index contributed by atoms with van der Waals surface area (Å²) in [5, 5.41) is 17.2. The quantitative estimate of drug-likeness (QED) is 0.840. The van der Waals surface area contributed by atoms with E-state index in [1.54, 1.807) is 18.2 Å². The first kappa shape index (κ1) is 10.2. The summed E-state index contributed by atoms with van der Waals surface area (Å²) in [4.78, 5) is 14.7. The Hall–Kier alpha value is -2.35. The van der Waals surface area contributed by atoms with Crippen LogP contribution in [0.3, 0.4) is 0 Å². The molecule has 16 heavy (non-hydrogen) atoms. The van der Waals surface area contributed by atoms with Crippen molar-refractivity contribution < 1.29 is 14.3 Å². The Bertz CT molecular complexity index is 580. The highest BCUT2D eigenvalue weighted by molar-refractivity contribution is 5.81. The first-order valence-electron chi connectivity index (χ1n) is 4.67. The molecule has 0 radical (unpaired) electrons. The van der Waals surface area contributed by atoms with Crippen LogP contribution in [0.25, 0.3) is 11.1 Å². The second kappa shape index (κ2) is 4.03. The fourth-order valence-corrected chi connectivity index (χ4v) is 1.50. The molecule has 5 nitrogen and oxygen atoms in total. The summed E-state index contributed by atoms with van der Waals surface area (Å²) in [7, 11) is 0. The van der Waals surface area contributed by atoms with Crippen molar-refractivity contribution in [2.24, 2.45) is 0 Å². The molecule has 0 saturated heterocycles. The Balaban J connectivity index is 2.50. The molecule has 1 heterocycles. The van der Waals surface area contributed by atoms with Crippen LogP contribution in [0.15, 0.2) is 22.6 Å². The molecule has 0 fully saturated rings. The van der Waals surface area contributed by atoms with Crippen LogP contribution in [-0.2, 0) is 17.6 Å². The van der Waals surface area contributed by atoms with E-state index in [2.05, 4.69) is 4.98 Å². The topological polar surface area (TPSA) is 87.1 Å². The van der Waals surface area contributed by atoms with Crippen LogP contribution >= 0.6 is 0 Å². The van der Waals surface area contributed by atoms with Gasteiger partial charge in [-0.2, -0.15) is 5.26 Å². The van der Waals surface area contributed by atoms with Crippen molar-refractivity contribution in [1.29, 1.82) is 5.26 Å².